The van der Waals surface area contributed by atoms with Crippen LogP contribution in [-0.2, 0) is 20.9 Å². The van der Waals surface area contributed by atoms with E-state index in [9.17, 15) is 14.9 Å². The number of hydrogen-bond acceptors (Lipinski definition) is 5. The number of allylic oxidation sites excluding steroid dienone is 1. The summed E-state index contributed by atoms with van der Waals surface area (Å²) in [6.07, 6.45) is 0.130. The van der Waals surface area contributed by atoms with E-state index in [4.69, 9.17) is 9.47 Å². The minimum Gasteiger partial charge on any atom is -0.497 e. The first-order valence-electron chi connectivity index (χ1n) is 10.7. The van der Waals surface area contributed by atoms with Crippen molar-refractivity contribution in [1.29, 1.82) is 5.26 Å². The van der Waals surface area contributed by atoms with Crippen LogP contribution in [0, 0.1) is 17.2 Å². The van der Waals surface area contributed by atoms with Crippen LogP contribution >= 0.6 is 0 Å². The molecule has 1 atom stereocenters. The molecule has 0 saturated heterocycles. The quantitative estimate of drug-likeness (QED) is 0.600. The first kappa shape index (κ1) is 23.1. The first-order valence-corrected chi connectivity index (χ1v) is 10.7. The van der Waals surface area contributed by atoms with E-state index >= 15 is 0 Å². The summed E-state index contributed by atoms with van der Waals surface area (Å²) in [4.78, 5) is 28.0. The van der Waals surface area contributed by atoms with Gasteiger partial charge in [0.05, 0.1) is 37.5 Å². The molecule has 0 fully saturated rings. The third-order valence-corrected chi connectivity index (χ3v) is 5.55. The van der Waals surface area contributed by atoms with Gasteiger partial charge in [-0.05, 0) is 42.2 Å². The van der Waals surface area contributed by atoms with Gasteiger partial charge in [0.25, 0.3) is 0 Å². The summed E-state index contributed by atoms with van der Waals surface area (Å²) in [5.41, 5.74) is 3.08. The smallest absolute Gasteiger partial charge is 0.336 e. The van der Waals surface area contributed by atoms with Crippen LogP contribution in [-0.4, -0.2) is 30.5 Å². The molecule has 3 rings (SSSR count). The van der Waals surface area contributed by atoms with Gasteiger partial charge in [-0.25, -0.2) is 4.79 Å². The molecule has 1 amide bonds. The van der Waals surface area contributed by atoms with Crippen molar-refractivity contribution in [2.24, 2.45) is 5.92 Å². The molecule has 1 aliphatic heterocycles. The number of ether oxygens (including phenoxy) is 2. The maximum atomic E-state index is 13.2. The Hall–Kier alpha value is -3.59. The number of amides is 1. The van der Waals surface area contributed by atoms with Gasteiger partial charge in [-0.1, -0.05) is 44.2 Å². The summed E-state index contributed by atoms with van der Waals surface area (Å²) < 4.78 is 10.9. The molecule has 2 aromatic rings. The first-order chi connectivity index (χ1) is 15.3. The van der Waals surface area contributed by atoms with Gasteiger partial charge in [0.15, 0.2) is 0 Å². The second kappa shape index (κ2) is 10.1. The Labute approximate surface area is 189 Å². The minimum atomic E-state index is -0.431. The fourth-order valence-electron chi connectivity index (χ4n) is 3.87. The van der Waals surface area contributed by atoms with Crippen LogP contribution in [0.4, 0.5) is 0 Å². The van der Waals surface area contributed by atoms with E-state index in [2.05, 4.69) is 6.07 Å². The predicted molar refractivity (Wildman–Crippen MR) is 121 cm³/mol. The molecular weight excluding hydrogens is 404 g/mol. The molecule has 0 bridgehead atoms. The molecule has 1 unspecified atom stereocenters. The van der Waals surface area contributed by atoms with Crippen molar-refractivity contribution in [2.45, 2.75) is 39.7 Å². The van der Waals surface area contributed by atoms with Crippen LogP contribution in [0.15, 0.2) is 59.8 Å². The van der Waals surface area contributed by atoms with Gasteiger partial charge < -0.3 is 14.4 Å². The molecule has 2 aromatic carbocycles. The Kier molecular flexibility index (Phi) is 7.32. The molecule has 32 heavy (non-hydrogen) atoms. The average molecular weight is 433 g/mol. The van der Waals surface area contributed by atoms with E-state index in [0.29, 0.717) is 29.2 Å². The number of hydrogen-bond donors (Lipinski definition) is 0. The van der Waals surface area contributed by atoms with Gasteiger partial charge in [-0.2, -0.15) is 5.26 Å². The third kappa shape index (κ3) is 5.00. The van der Waals surface area contributed by atoms with Crippen molar-refractivity contribution in [3.05, 3.63) is 76.5 Å². The van der Waals surface area contributed by atoms with Crippen molar-refractivity contribution in [1.82, 2.24) is 4.90 Å². The third-order valence-electron chi connectivity index (χ3n) is 5.55. The molecule has 0 aliphatic carbocycles. The fraction of sp³-hybridized carbons (Fsp3) is 0.346. The Balaban J connectivity index is 2.05. The molecule has 6 nitrogen and oxygen atoms in total. The zero-order valence-electron chi connectivity index (χ0n) is 18.9. The normalized spacial score (nSPS) is 16.2. The highest BCUT2D eigenvalue weighted by atomic mass is 16.5. The van der Waals surface area contributed by atoms with Crippen LogP contribution in [0.25, 0.3) is 0 Å². The summed E-state index contributed by atoms with van der Waals surface area (Å²) in [6, 6.07) is 16.8. The van der Waals surface area contributed by atoms with Gasteiger partial charge in [0, 0.05) is 18.0 Å². The summed E-state index contributed by atoms with van der Waals surface area (Å²) in [6.45, 7) is 6.24. The minimum absolute atomic E-state index is 0.108. The van der Waals surface area contributed by atoms with Crippen molar-refractivity contribution < 1.29 is 19.1 Å². The second-order valence-electron chi connectivity index (χ2n) is 8.27. The van der Waals surface area contributed by atoms with Gasteiger partial charge in [0.1, 0.15) is 5.75 Å². The number of methoxy groups -OCH3 is 1. The van der Waals surface area contributed by atoms with E-state index in [1.54, 1.807) is 31.1 Å². The molecule has 1 aliphatic rings. The molecule has 0 aromatic heterocycles. The summed E-state index contributed by atoms with van der Waals surface area (Å²) in [7, 11) is 1.58. The highest BCUT2D eigenvalue weighted by Gasteiger charge is 2.37. The second-order valence-corrected chi connectivity index (χ2v) is 8.27. The number of carbonyl (C=O) groups excluding carboxylic acids is 2. The Bertz CT molecular complexity index is 1080. The maximum absolute atomic E-state index is 13.2. The molecule has 0 spiro atoms. The van der Waals surface area contributed by atoms with Crippen LogP contribution in [0.3, 0.4) is 0 Å². The SMILES string of the molecule is COc1cccc(C2CC(=O)N(Cc3ccccc3C#N)C(C)=C2C(=O)OCC(C)C)c1. The van der Waals surface area contributed by atoms with Crippen molar-refractivity contribution in [3.8, 4) is 11.8 Å². The van der Waals surface area contributed by atoms with Gasteiger partial charge in [0.2, 0.25) is 5.91 Å². The lowest BCUT2D eigenvalue weighted by Gasteiger charge is -2.35. The Morgan fingerprint density at radius 2 is 1.97 bits per heavy atom. The van der Waals surface area contributed by atoms with E-state index in [1.807, 2.05) is 50.2 Å². The van der Waals surface area contributed by atoms with Gasteiger partial charge >= 0.3 is 5.97 Å². The molecule has 0 radical (unpaired) electrons. The lowest BCUT2D eigenvalue weighted by Crippen LogP contribution is -2.38. The lowest BCUT2D eigenvalue weighted by atomic mass is 9.83. The zero-order valence-corrected chi connectivity index (χ0v) is 18.9. The number of carbonyl (C=O) groups is 2. The van der Waals surface area contributed by atoms with Crippen LogP contribution in [0.2, 0.25) is 0 Å². The van der Waals surface area contributed by atoms with Crippen molar-refractivity contribution in [2.75, 3.05) is 13.7 Å². The number of nitrogens with zero attached hydrogens (tertiary/aromatic N) is 2. The molecular formula is C26H28N2O4. The number of esters is 1. The highest BCUT2D eigenvalue weighted by Crippen LogP contribution is 2.38. The van der Waals surface area contributed by atoms with E-state index in [-0.39, 0.29) is 24.8 Å². The largest absolute Gasteiger partial charge is 0.497 e. The molecule has 166 valence electrons. The van der Waals surface area contributed by atoms with Crippen LogP contribution < -0.4 is 4.74 Å². The summed E-state index contributed by atoms with van der Waals surface area (Å²) >= 11 is 0. The zero-order chi connectivity index (χ0) is 23.3. The van der Waals surface area contributed by atoms with Crippen molar-refractivity contribution >= 4 is 11.9 Å². The van der Waals surface area contributed by atoms with Crippen LogP contribution in [0.5, 0.6) is 5.75 Å². The summed E-state index contributed by atoms with van der Waals surface area (Å²) in [5, 5.41) is 9.43. The van der Waals surface area contributed by atoms with E-state index in [0.717, 1.165) is 11.1 Å². The number of rotatable bonds is 7. The summed E-state index contributed by atoms with van der Waals surface area (Å²) in [5.74, 6) is -0.106. The van der Waals surface area contributed by atoms with Crippen molar-refractivity contribution in [3.63, 3.8) is 0 Å². The monoisotopic (exact) mass is 432 g/mol. The molecule has 1 heterocycles. The van der Waals surface area contributed by atoms with E-state index in [1.165, 1.54) is 0 Å². The molecule has 0 saturated carbocycles. The molecule has 0 N–H and O–H groups in total. The fourth-order valence-corrected chi connectivity index (χ4v) is 3.87. The van der Waals surface area contributed by atoms with Crippen LogP contribution in [0.1, 0.15) is 49.8 Å². The molecule has 6 heteroatoms. The standard InChI is InChI=1S/C26H28N2O4/c1-17(2)16-32-26(30)25-18(3)28(15-21-9-6-5-8-20(21)14-27)24(29)13-23(25)19-10-7-11-22(12-19)31-4/h5-12,17,23H,13,15-16H2,1-4H3. The van der Waals surface area contributed by atoms with Gasteiger partial charge in [-0.3, -0.25) is 4.79 Å². The Morgan fingerprint density at radius 1 is 1.22 bits per heavy atom. The highest BCUT2D eigenvalue weighted by molar-refractivity contribution is 5.96. The maximum Gasteiger partial charge on any atom is 0.336 e. The topological polar surface area (TPSA) is 79.6 Å². The van der Waals surface area contributed by atoms with Gasteiger partial charge in [-0.15, -0.1) is 0 Å². The number of nitriles is 1. The van der Waals surface area contributed by atoms with E-state index < -0.39 is 11.9 Å². The Morgan fingerprint density at radius 3 is 2.66 bits per heavy atom. The predicted octanol–water partition coefficient (Wildman–Crippen LogP) is 4.56. The lowest BCUT2D eigenvalue weighted by molar-refractivity contribution is -0.141. The average Bonchev–Trinajstić information content (AvgIpc) is 2.80. The number of benzene rings is 2.